The number of anilines is 2. The number of pyridine rings is 1. The molecular formula is C28H28N10O4. The van der Waals surface area contributed by atoms with Crippen molar-refractivity contribution >= 4 is 35.1 Å². The van der Waals surface area contributed by atoms with Crippen molar-refractivity contribution in [3.8, 4) is 6.01 Å². The fourth-order valence-corrected chi connectivity index (χ4v) is 5.18. The number of aromatic nitrogens is 7. The van der Waals surface area contributed by atoms with Crippen LogP contribution in [0, 0.1) is 19.8 Å². The maximum Gasteiger partial charge on any atom is 0.331 e. The molecule has 3 fully saturated rings. The van der Waals surface area contributed by atoms with Crippen LogP contribution in [0.5, 0.6) is 6.01 Å². The Kier molecular flexibility index (Phi) is 6.06. The molecule has 1 aliphatic heterocycles. The summed E-state index contributed by atoms with van der Waals surface area (Å²) in [6, 6.07) is 3.44. The van der Waals surface area contributed by atoms with Crippen LogP contribution in [-0.2, 0) is 16.2 Å². The van der Waals surface area contributed by atoms with Gasteiger partial charge in [0, 0.05) is 43.2 Å². The van der Waals surface area contributed by atoms with Gasteiger partial charge in [-0.15, -0.1) is 0 Å². The molecule has 3 aliphatic rings. The van der Waals surface area contributed by atoms with Crippen LogP contribution in [0.1, 0.15) is 59.7 Å². The predicted molar refractivity (Wildman–Crippen MR) is 148 cm³/mol. The van der Waals surface area contributed by atoms with Gasteiger partial charge in [-0.1, -0.05) is 0 Å². The van der Waals surface area contributed by atoms with Gasteiger partial charge in [0.1, 0.15) is 24.8 Å². The lowest BCUT2D eigenvalue weighted by molar-refractivity contribution is -0.124. The van der Waals surface area contributed by atoms with Crippen molar-refractivity contribution in [2.45, 2.75) is 51.6 Å². The summed E-state index contributed by atoms with van der Waals surface area (Å²) in [4.78, 5) is 66.6. The Labute approximate surface area is 240 Å². The molecule has 4 aromatic rings. The molecule has 1 N–H and O–H groups in total. The van der Waals surface area contributed by atoms with Gasteiger partial charge in [0.25, 0.3) is 0 Å². The second kappa shape index (κ2) is 9.82. The Morgan fingerprint density at radius 1 is 1.10 bits per heavy atom. The molecule has 2 aliphatic carbocycles. The van der Waals surface area contributed by atoms with Crippen LogP contribution in [0.3, 0.4) is 0 Å². The van der Waals surface area contributed by atoms with Gasteiger partial charge in [-0.2, -0.15) is 15.0 Å². The predicted octanol–water partition coefficient (Wildman–Crippen LogP) is 2.52. The highest BCUT2D eigenvalue weighted by Gasteiger charge is 2.46. The molecule has 1 saturated heterocycles. The van der Waals surface area contributed by atoms with Crippen LogP contribution in [0.15, 0.2) is 30.7 Å². The average molecular weight is 569 g/mol. The number of fused-ring (bicyclic) bond motifs is 1. The maximum atomic E-state index is 12.9. The van der Waals surface area contributed by atoms with Crippen molar-refractivity contribution in [2.75, 3.05) is 23.8 Å². The number of hydrogen-bond donors (Lipinski definition) is 1. The second-order valence-electron chi connectivity index (χ2n) is 11.0. The topological polar surface area (TPSA) is 161 Å². The van der Waals surface area contributed by atoms with Crippen LogP contribution < -0.4 is 15.0 Å². The van der Waals surface area contributed by atoms with Crippen LogP contribution >= 0.6 is 0 Å². The zero-order valence-corrected chi connectivity index (χ0v) is 23.3. The molecule has 42 heavy (non-hydrogen) atoms. The van der Waals surface area contributed by atoms with Gasteiger partial charge in [0.15, 0.2) is 5.65 Å². The summed E-state index contributed by atoms with van der Waals surface area (Å²) in [6.07, 6.45) is 8.36. The van der Waals surface area contributed by atoms with Gasteiger partial charge >= 0.3 is 12.0 Å². The van der Waals surface area contributed by atoms with Gasteiger partial charge in [-0.25, -0.2) is 19.7 Å². The first-order valence-electron chi connectivity index (χ1n) is 13.8. The zero-order valence-electron chi connectivity index (χ0n) is 23.3. The smallest absolute Gasteiger partial charge is 0.331 e. The van der Waals surface area contributed by atoms with Gasteiger partial charge in [-0.05, 0) is 56.7 Å². The fraction of sp³-hybridized carbons (Fsp3) is 0.393. The number of amides is 4. The largest absolute Gasteiger partial charge is 0.457 e. The van der Waals surface area contributed by atoms with Crippen molar-refractivity contribution in [1.82, 2.24) is 39.2 Å². The van der Waals surface area contributed by atoms with Crippen molar-refractivity contribution < 1.29 is 19.1 Å². The minimum absolute atomic E-state index is 0.0294. The quantitative estimate of drug-likeness (QED) is 0.313. The highest BCUT2D eigenvalue weighted by atomic mass is 16.5. The first kappa shape index (κ1) is 25.9. The molecule has 2 atom stereocenters. The first-order valence-corrected chi connectivity index (χ1v) is 13.8. The number of ether oxygens (including phenoxy) is 1. The van der Waals surface area contributed by atoms with Gasteiger partial charge in [-0.3, -0.25) is 24.7 Å². The molecule has 0 aromatic carbocycles. The van der Waals surface area contributed by atoms with E-state index < -0.39 is 0 Å². The Hall–Kier alpha value is -5.01. The first-order chi connectivity index (χ1) is 20.2. The van der Waals surface area contributed by atoms with E-state index in [-0.39, 0.29) is 54.8 Å². The van der Waals surface area contributed by atoms with Gasteiger partial charge < -0.3 is 9.14 Å². The molecule has 14 heteroatoms. The standard InChI is InChI=1S/C28H28N10O4/c1-14-6-7-29-23(30-14)19-9-20(19)25(40)34-26-31-15(2)32-27(35-26)42-13-18-11-37-10-17(16-4-5-16)8-21(24(37)33-18)38-12-22(39)36(3)28(38)41/h6-8,10-11,16,19-20H,4-5,9,12-13H2,1-3H3,(H,31,32,34,35,40). The molecule has 14 nitrogen and oxygen atoms in total. The SMILES string of the molecule is Cc1ccnc(C2CC2C(=O)Nc2nc(C)nc(OCc3cn4cc(C5CC5)cc(N5CC(=O)N(C)C5=O)c4n3)n2)n1. The lowest BCUT2D eigenvalue weighted by atomic mass is 10.1. The number of carbonyl (C=O) groups excluding carboxylic acids is 3. The third kappa shape index (κ3) is 4.88. The molecule has 7 rings (SSSR count). The van der Waals surface area contributed by atoms with Gasteiger partial charge in [0.2, 0.25) is 17.8 Å². The van der Waals surface area contributed by atoms with E-state index in [9.17, 15) is 14.4 Å². The van der Waals surface area contributed by atoms with Crippen LogP contribution in [0.25, 0.3) is 5.65 Å². The molecule has 0 radical (unpaired) electrons. The van der Waals surface area contributed by atoms with Crippen molar-refractivity contribution in [3.63, 3.8) is 0 Å². The third-order valence-electron chi connectivity index (χ3n) is 7.71. The molecule has 214 valence electrons. The number of nitrogens with one attached hydrogen (secondary N) is 1. The molecule has 0 spiro atoms. The summed E-state index contributed by atoms with van der Waals surface area (Å²) < 4.78 is 7.73. The van der Waals surface area contributed by atoms with E-state index in [0.717, 1.165) is 29.0 Å². The lowest BCUT2D eigenvalue weighted by Gasteiger charge is -2.17. The normalized spacial score (nSPS) is 20.0. The van der Waals surface area contributed by atoms with Crippen LogP contribution in [0.4, 0.5) is 16.4 Å². The minimum atomic E-state index is -0.380. The number of hydrogen-bond acceptors (Lipinski definition) is 10. The second-order valence-corrected chi connectivity index (χ2v) is 11.0. The molecular weight excluding hydrogens is 540 g/mol. The average Bonchev–Trinajstić information content (AvgIpc) is 3.88. The van der Waals surface area contributed by atoms with E-state index in [4.69, 9.17) is 9.72 Å². The third-order valence-corrected chi connectivity index (χ3v) is 7.71. The monoisotopic (exact) mass is 568 g/mol. The molecule has 4 amide bonds. The van der Waals surface area contributed by atoms with Crippen molar-refractivity contribution in [2.24, 2.45) is 5.92 Å². The number of urea groups is 1. The Balaban J connectivity index is 1.07. The Bertz CT molecular complexity index is 1770. The maximum absolute atomic E-state index is 12.9. The van der Waals surface area contributed by atoms with Crippen molar-refractivity contribution in [3.05, 3.63) is 59.3 Å². The summed E-state index contributed by atoms with van der Waals surface area (Å²) in [6.45, 7) is 3.59. The summed E-state index contributed by atoms with van der Waals surface area (Å²) >= 11 is 0. The fourth-order valence-electron chi connectivity index (χ4n) is 5.18. The van der Waals surface area contributed by atoms with E-state index in [1.807, 2.05) is 35.9 Å². The zero-order chi connectivity index (χ0) is 29.1. The molecule has 0 bridgehead atoms. The van der Waals surface area contributed by atoms with Crippen molar-refractivity contribution in [1.29, 1.82) is 0 Å². The highest BCUT2D eigenvalue weighted by Crippen LogP contribution is 2.46. The Morgan fingerprint density at radius 3 is 2.67 bits per heavy atom. The summed E-state index contributed by atoms with van der Waals surface area (Å²) in [5, 5.41) is 2.77. The van der Waals surface area contributed by atoms with E-state index in [2.05, 4.69) is 30.2 Å². The number of imide groups is 1. The molecule has 5 heterocycles. The summed E-state index contributed by atoms with van der Waals surface area (Å²) in [5.74, 6) is 0.831. The van der Waals surface area contributed by atoms with E-state index in [0.29, 0.717) is 41.0 Å². The summed E-state index contributed by atoms with van der Waals surface area (Å²) in [7, 11) is 1.48. The highest BCUT2D eigenvalue weighted by molar-refractivity contribution is 6.13. The number of imidazole rings is 1. The number of carbonyl (C=O) groups is 3. The number of nitrogens with zero attached hydrogens (tertiary/aromatic N) is 9. The number of likely N-dealkylation sites (N-methyl/N-ethyl adjacent to an activating group) is 1. The minimum Gasteiger partial charge on any atom is -0.457 e. The Morgan fingerprint density at radius 2 is 1.93 bits per heavy atom. The van der Waals surface area contributed by atoms with Crippen LogP contribution in [0.2, 0.25) is 0 Å². The van der Waals surface area contributed by atoms with Crippen LogP contribution in [-0.4, -0.2) is 70.6 Å². The molecule has 2 saturated carbocycles. The number of aryl methyl sites for hydroxylation is 2. The van der Waals surface area contributed by atoms with E-state index in [1.165, 1.54) is 11.9 Å². The van der Waals surface area contributed by atoms with E-state index in [1.54, 1.807) is 13.1 Å². The van der Waals surface area contributed by atoms with Gasteiger partial charge in [0.05, 0.1) is 11.4 Å². The molecule has 2 unspecified atom stereocenters. The summed E-state index contributed by atoms with van der Waals surface area (Å²) in [5.41, 5.74) is 3.67. The number of rotatable bonds is 8. The molecule has 4 aromatic heterocycles. The van der Waals surface area contributed by atoms with E-state index >= 15 is 0 Å². The lowest BCUT2D eigenvalue weighted by Crippen LogP contribution is -2.30.